The van der Waals surface area contributed by atoms with Crippen LogP contribution in [0.2, 0.25) is 0 Å². The Hall–Kier alpha value is -2.51. The number of hydrogen-bond acceptors (Lipinski definition) is 4. The number of rotatable bonds is 2. The van der Waals surface area contributed by atoms with Crippen LogP contribution >= 0.6 is 0 Å². The van der Waals surface area contributed by atoms with E-state index >= 15 is 0 Å². The molecule has 0 bridgehead atoms. The molecule has 0 aliphatic rings. The van der Waals surface area contributed by atoms with Crippen LogP contribution in [0.5, 0.6) is 0 Å². The molecule has 1 aromatic carbocycles. The van der Waals surface area contributed by atoms with E-state index in [0.29, 0.717) is 11.6 Å². The van der Waals surface area contributed by atoms with Gasteiger partial charge in [-0.25, -0.2) is 4.79 Å². The number of alkyl halides is 3. The highest BCUT2D eigenvalue weighted by atomic mass is 19.4. The predicted molar refractivity (Wildman–Crippen MR) is 61.9 cm³/mol. The minimum absolute atomic E-state index is 0.0384. The van der Waals surface area contributed by atoms with Crippen molar-refractivity contribution in [1.82, 2.24) is 0 Å². The number of amides is 1. The van der Waals surface area contributed by atoms with Gasteiger partial charge in [-0.15, -0.1) is 0 Å². The van der Waals surface area contributed by atoms with Crippen LogP contribution in [0.4, 0.5) is 18.0 Å². The maximum atomic E-state index is 12.5. The number of benzene rings is 1. The third-order valence-electron chi connectivity index (χ3n) is 2.45. The largest absolute Gasteiger partial charge is 0.451 e. The van der Waals surface area contributed by atoms with E-state index in [1.165, 1.54) is 18.2 Å². The number of nitrogens with two attached hydrogens (primary N) is 1. The molecule has 0 saturated carbocycles. The molecule has 20 heavy (non-hydrogen) atoms. The summed E-state index contributed by atoms with van der Waals surface area (Å²) in [5.74, 6) is -1.36. The zero-order valence-electron chi connectivity index (χ0n) is 9.86. The lowest BCUT2D eigenvalue weighted by Gasteiger charge is -2.07. The van der Waals surface area contributed by atoms with E-state index in [-0.39, 0.29) is 17.6 Å². The minimum atomic E-state index is -4.74. The third kappa shape index (κ3) is 2.90. The molecule has 0 aliphatic carbocycles. The first-order chi connectivity index (χ1) is 9.27. The van der Waals surface area contributed by atoms with Crippen molar-refractivity contribution < 1.29 is 27.1 Å². The summed E-state index contributed by atoms with van der Waals surface area (Å²) in [6.45, 7) is -0.189. The van der Waals surface area contributed by atoms with Gasteiger partial charge in [0.2, 0.25) is 5.76 Å². The Morgan fingerprint density at radius 1 is 1.30 bits per heavy atom. The lowest BCUT2D eigenvalue weighted by atomic mass is 10.1. The van der Waals surface area contributed by atoms with Crippen molar-refractivity contribution in [3.05, 3.63) is 45.8 Å². The van der Waals surface area contributed by atoms with E-state index < -0.39 is 23.5 Å². The highest BCUT2D eigenvalue weighted by molar-refractivity contribution is 5.77. The van der Waals surface area contributed by atoms with Crippen LogP contribution < -0.4 is 11.2 Å². The van der Waals surface area contributed by atoms with Gasteiger partial charge in [-0.3, -0.25) is 4.79 Å². The van der Waals surface area contributed by atoms with Crippen molar-refractivity contribution in [3.63, 3.8) is 0 Å². The number of ether oxygens (including phenoxy) is 1. The van der Waals surface area contributed by atoms with Gasteiger partial charge in [0.1, 0.15) is 12.2 Å². The van der Waals surface area contributed by atoms with Gasteiger partial charge >= 0.3 is 12.3 Å². The average Bonchev–Trinajstić information content (AvgIpc) is 2.35. The first-order valence-corrected chi connectivity index (χ1v) is 5.33. The second-order valence-corrected chi connectivity index (χ2v) is 3.91. The molecule has 5 nitrogen and oxygen atoms in total. The summed E-state index contributed by atoms with van der Waals surface area (Å²) in [6, 6.07) is 4.23. The Labute approximate surface area is 109 Å². The van der Waals surface area contributed by atoms with Gasteiger partial charge < -0.3 is 14.9 Å². The van der Waals surface area contributed by atoms with Crippen molar-refractivity contribution in [2.24, 2.45) is 5.73 Å². The summed E-state index contributed by atoms with van der Waals surface area (Å²) in [6.07, 6.45) is -5.73. The quantitative estimate of drug-likeness (QED) is 0.919. The molecule has 2 N–H and O–H groups in total. The molecule has 1 amide bonds. The van der Waals surface area contributed by atoms with Crippen LogP contribution in [0, 0.1) is 0 Å². The van der Waals surface area contributed by atoms with Gasteiger partial charge in [-0.05, 0) is 17.7 Å². The van der Waals surface area contributed by atoms with Crippen LogP contribution in [0.1, 0.15) is 11.3 Å². The van der Waals surface area contributed by atoms with E-state index in [1.807, 2.05) is 0 Å². The number of halogens is 3. The molecule has 2 aromatic rings. The Morgan fingerprint density at radius 2 is 2.00 bits per heavy atom. The third-order valence-corrected chi connectivity index (χ3v) is 2.45. The minimum Gasteiger partial charge on any atom is -0.451 e. The average molecular weight is 287 g/mol. The topological polar surface area (TPSA) is 82.5 Å². The van der Waals surface area contributed by atoms with E-state index in [0.717, 1.165) is 0 Å². The monoisotopic (exact) mass is 287 g/mol. The second-order valence-electron chi connectivity index (χ2n) is 3.91. The molecular formula is C12H8F3NO4. The van der Waals surface area contributed by atoms with Gasteiger partial charge in [0.25, 0.3) is 0 Å². The molecule has 8 heteroatoms. The molecule has 0 atom stereocenters. The fraction of sp³-hybridized carbons (Fsp3) is 0.167. The molecule has 2 rings (SSSR count). The molecule has 0 aliphatic heterocycles. The molecule has 0 saturated heterocycles. The number of fused-ring (bicyclic) bond motifs is 1. The Kier molecular flexibility index (Phi) is 3.39. The molecular weight excluding hydrogens is 279 g/mol. The molecule has 0 fully saturated rings. The molecule has 0 radical (unpaired) electrons. The van der Waals surface area contributed by atoms with E-state index in [1.54, 1.807) is 0 Å². The normalized spacial score (nSPS) is 11.6. The zero-order valence-corrected chi connectivity index (χ0v) is 9.86. The number of carbonyl (C=O) groups is 1. The second kappa shape index (κ2) is 4.87. The van der Waals surface area contributed by atoms with E-state index in [2.05, 4.69) is 9.15 Å². The molecule has 0 unspecified atom stereocenters. The fourth-order valence-electron chi connectivity index (χ4n) is 1.59. The number of primary amides is 1. The Balaban J connectivity index is 2.47. The summed E-state index contributed by atoms with van der Waals surface area (Å²) >= 11 is 0. The van der Waals surface area contributed by atoms with Gasteiger partial charge in [-0.2, -0.15) is 13.2 Å². The molecule has 0 spiro atoms. The van der Waals surface area contributed by atoms with Crippen LogP contribution in [-0.4, -0.2) is 6.09 Å². The predicted octanol–water partition coefficient (Wildman–Crippen LogP) is 2.41. The first kappa shape index (κ1) is 13.9. The van der Waals surface area contributed by atoms with Gasteiger partial charge in [0.15, 0.2) is 5.43 Å². The molecule has 1 heterocycles. The molecule has 106 valence electrons. The highest BCUT2D eigenvalue weighted by Crippen LogP contribution is 2.30. The van der Waals surface area contributed by atoms with Crippen molar-refractivity contribution in [3.8, 4) is 0 Å². The van der Waals surface area contributed by atoms with Gasteiger partial charge in [0, 0.05) is 6.07 Å². The van der Waals surface area contributed by atoms with E-state index in [9.17, 15) is 22.8 Å². The van der Waals surface area contributed by atoms with Crippen LogP contribution in [0.15, 0.2) is 33.5 Å². The standard InChI is InChI=1S/C12H8F3NO4/c13-12(14,15)10-4-8(17)7-3-6(5-19-11(16)18)1-2-9(7)20-10/h1-4H,5H2,(H2,16,18). The maximum Gasteiger partial charge on any atom is 0.449 e. The molecule has 1 aromatic heterocycles. The van der Waals surface area contributed by atoms with Crippen molar-refractivity contribution in [2.75, 3.05) is 0 Å². The SMILES string of the molecule is NC(=O)OCc1ccc2oc(C(F)(F)F)cc(=O)c2c1. The fourth-order valence-corrected chi connectivity index (χ4v) is 1.59. The zero-order chi connectivity index (χ0) is 14.9. The summed E-state index contributed by atoms with van der Waals surface area (Å²) in [5, 5.41) is -0.0384. The van der Waals surface area contributed by atoms with Crippen molar-refractivity contribution in [1.29, 1.82) is 0 Å². The van der Waals surface area contributed by atoms with Crippen LogP contribution in [0.3, 0.4) is 0 Å². The number of carbonyl (C=O) groups excluding carboxylic acids is 1. The lowest BCUT2D eigenvalue weighted by Crippen LogP contribution is -2.13. The van der Waals surface area contributed by atoms with E-state index in [4.69, 9.17) is 5.73 Å². The lowest BCUT2D eigenvalue weighted by molar-refractivity contribution is -0.152. The number of hydrogen-bond donors (Lipinski definition) is 1. The van der Waals surface area contributed by atoms with Gasteiger partial charge in [0.05, 0.1) is 5.39 Å². The summed E-state index contributed by atoms with van der Waals surface area (Å²) in [7, 11) is 0. The smallest absolute Gasteiger partial charge is 0.449 e. The van der Waals surface area contributed by atoms with Crippen molar-refractivity contribution >= 4 is 17.1 Å². The summed E-state index contributed by atoms with van der Waals surface area (Å²) in [4.78, 5) is 22.1. The van der Waals surface area contributed by atoms with Crippen LogP contribution in [-0.2, 0) is 17.5 Å². The first-order valence-electron chi connectivity index (χ1n) is 5.33. The summed E-state index contributed by atoms with van der Waals surface area (Å²) in [5.41, 5.74) is 4.15. The van der Waals surface area contributed by atoms with Crippen LogP contribution in [0.25, 0.3) is 11.0 Å². The summed E-state index contributed by atoms with van der Waals surface area (Å²) < 4.78 is 46.6. The Morgan fingerprint density at radius 3 is 2.60 bits per heavy atom. The van der Waals surface area contributed by atoms with Crippen molar-refractivity contribution in [2.45, 2.75) is 12.8 Å². The maximum absolute atomic E-state index is 12.5. The highest BCUT2D eigenvalue weighted by Gasteiger charge is 2.34. The van der Waals surface area contributed by atoms with Gasteiger partial charge in [-0.1, -0.05) is 6.07 Å². The Bertz CT molecular complexity index is 721.